The van der Waals surface area contributed by atoms with Gasteiger partial charge in [0.1, 0.15) is 10.6 Å². The highest BCUT2D eigenvalue weighted by Crippen LogP contribution is 2.18. The van der Waals surface area contributed by atoms with E-state index in [-0.39, 0.29) is 22.6 Å². The third-order valence-electron chi connectivity index (χ3n) is 3.27. The second kappa shape index (κ2) is 6.15. The number of carbonyl (C=O) groups excluding carboxylic acids is 1. The van der Waals surface area contributed by atoms with Gasteiger partial charge >= 0.3 is 0 Å². The number of hydrogen-bond donors (Lipinski definition) is 1. The van der Waals surface area contributed by atoms with Gasteiger partial charge in [0.2, 0.25) is 0 Å². The van der Waals surface area contributed by atoms with Crippen LogP contribution in [0.3, 0.4) is 0 Å². The largest absolute Gasteiger partial charge is 0.378 e. The Bertz CT molecular complexity index is 591. The van der Waals surface area contributed by atoms with Gasteiger partial charge in [0.25, 0.3) is 15.0 Å². The van der Waals surface area contributed by atoms with Crippen LogP contribution in [0.2, 0.25) is 0 Å². The van der Waals surface area contributed by atoms with E-state index in [4.69, 9.17) is 15.4 Å². The van der Waals surface area contributed by atoms with Crippen molar-refractivity contribution < 1.29 is 17.9 Å². The van der Waals surface area contributed by atoms with Gasteiger partial charge in [-0.1, -0.05) is 0 Å². The summed E-state index contributed by atoms with van der Waals surface area (Å²) in [4.78, 5) is 11.9. The summed E-state index contributed by atoms with van der Waals surface area (Å²) < 4.78 is 29.3. The number of carbonyl (C=O) groups is 1. The van der Waals surface area contributed by atoms with Crippen LogP contribution in [0.5, 0.6) is 0 Å². The number of aromatic nitrogens is 1. The summed E-state index contributed by atoms with van der Waals surface area (Å²) in [6, 6.07) is 1.27. The summed E-state index contributed by atoms with van der Waals surface area (Å²) in [6.45, 7) is 1.28. The summed E-state index contributed by atoms with van der Waals surface area (Å²) in [6.07, 6.45) is 4.37. The van der Waals surface area contributed by atoms with Crippen molar-refractivity contribution >= 4 is 25.6 Å². The lowest BCUT2D eigenvalue weighted by Crippen LogP contribution is -2.28. The Kier molecular flexibility index (Phi) is 4.72. The molecule has 1 aliphatic heterocycles. The summed E-state index contributed by atoms with van der Waals surface area (Å²) >= 11 is 0. The average molecular weight is 321 g/mol. The molecule has 0 aromatic carbocycles. The maximum Gasteiger partial charge on any atom is 0.267 e. The van der Waals surface area contributed by atoms with Gasteiger partial charge < -0.3 is 14.6 Å². The molecule has 1 amide bonds. The van der Waals surface area contributed by atoms with Crippen LogP contribution in [0, 0.1) is 0 Å². The number of halogens is 1. The molecule has 20 heavy (non-hydrogen) atoms. The van der Waals surface area contributed by atoms with E-state index in [1.165, 1.54) is 16.8 Å². The lowest BCUT2D eigenvalue weighted by molar-refractivity contribution is 0.0900. The van der Waals surface area contributed by atoms with E-state index in [0.717, 1.165) is 25.9 Å². The van der Waals surface area contributed by atoms with Crippen LogP contribution in [0.1, 0.15) is 29.8 Å². The molecular formula is C12H17ClN2O4S. The molecule has 1 saturated heterocycles. The van der Waals surface area contributed by atoms with E-state index in [9.17, 15) is 13.2 Å². The normalized spacial score (nSPS) is 19.2. The topological polar surface area (TPSA) is 77.4 Å². The van der Waals surface area contributed by atoms with Crippen molar-refractivity contribution in [1.82, 2.24) is 9.88 Å². The van der Waals surface area contributed by atoms with Gasteiger partial charge in [-0.05, 0) is 25.3 Å². The lowest BCUT2D eigenvalue weighted by Gasteiger charge is -2.10. The second-order valence-corrected chi connectivity index (χ2v) is 7.36. The zero-order valence-corrected chi connectivity index (χ0v) is 12.7. The predicted octanol–water partition coefficient (Wildman–Crippen LogP) is 1.25. The molecule has 0 spiro atoms. The maximum atomic E-state index is 12.0. The molecule has 8 heteroatoms. The Balaban J connectivity index is 1.93. The first-order valence-corrected chi connectivity index (χ1v) is 8.69. The molecule has 1 atom stereocenters. The van der Waals surface area contributed by atoms with E-state index in [2.05, 4.69) is 5.32 Å². The van der Waals surface area contributed by atoms with Gasteiger partial charge in [0.15, 0.2) is 0 Å². The van der Waals surface area contributed by atoms with Gasteiger partial charge in [-0.15, -0.1) is 0 Å². The number of nitrogens with one attached hydrogen (secondary N) is 1. The smallest absolute Gasteiger partial charge is 0.267 e. The van der Waals surface area contributed by atoms with Gasteiger partial charge in [-0.2, -0.15) is 0 Å². The van der Waals surface area contributed by atoms with Gasteiger partial charge in [-0.25, -0.2) is 8.42 Å². The number of aryl methyl sites for hydroxylation is 1. The first kappa shape index (κ1) is 15.3. The van der Waals surface area contributed by atoms with Crippen LogP contribution in [-0.2, 0) is 20.8 Å². The Labute approximate surface area is 122 Å². The predicted molar refractivity (Wildman–Crippen MR) is 74.4 cm³/mol. The third-order valence-corrected chi connectivity index (χ3v) is 4.59. The number of amides is 1. The second-order valence-electron chi connectivity index (χ2n) is 4.79. The van der Waals surface area contributed by atoms with Crippen LogP contribution >= 0.6 is 10.7 Å². The number of nitrogens with zero attached hydrogens (tertiary/aromatic N) is 1. The molecule has 0 saturated carbocycles. The van der Waals surface area contributed by atoms with Crippen molar-refractivity contribution in [2.45, 2.75) is 30.3 Å². The zero-order valence-electron chi connectivity index (χ0n) is 11.1. The lowest BCUT2D eigenvalue weighted by atomic mass is 10.2. The van der Waals surface area contributed by atoms with Crippen molar-refractivity contribution in [2.24, 2.45) is 7.05 Å². The third kappa shape index (κ3) is 3.74. The Morgan fingerprint density at radius 2 is 2.35 bits per heavy atom. The average Bonchev–Trinajstić information content (AvgIpc) is 2.97. The van der Waals surface area contributed by atoms with Crippen molar-refractivity contribution in [3.05, 3.63) is 18.0 Å². The van der Waals surface area contributed by atoms with E-state index in [1.54, 1.807) is 7.05 Å². The Morgan fingerprint density at radius 1 is 1.60 bits per heavy atom. The molecular weight excluding hydrogens is 304 g/mol. The van der Waals surface area contributed by atoms with E-state index in [0.29, 0.717) is 6.54 Å². The molecule has 1 N–H and O–H groups in total. The van der Waals surface area contributed by atoms with Crippen LogP contribution in [0.4, 0.5) is 0 Å². The SMILES string of the molecule is Cn1cc(S(=O)(=O)Cl)cc1C(=O)NCCC1CCCO1. The summed E-state index contributed by atoms with van der Waals surface area (Å²) in [5.74, 6) is -0.322. The Hall–Kier alpha value is -1.05. The number of hydrogen-bond acceptors (Lipinski definition) is 4. The summed E-state index contributed by atoms with van der Waals surface area (Å²) in [5, 5.41) is 2.75. The minimum absolute atomic E-state index is 0.0778. The first-order valence-electron chi connectivity index (χ1n) is 6.39. The quantitative estimate of drug-likeness (QED) is 0.828. The highest BCUT2D eigenvalue weighted by atomic mass is 35.7. The van der Waals surface area contributed by atoms with Crippen molar-refractivity contribution in [1.29, 1.82) is 0 Å². The molecule has 0 radical (unpaired) electrons. The molecule has 1 aliphatic rings. The molecule has 1 aromatic heterocycles. The van der Waals surface area contributed by atoms with E-state index < -0.39 is 9.05 Å². The van der Waals surface area contributed by atoms with Crippen LogP contribution < -0.4 is 5.32 Å². The molecule has 6 nitrogen and oxygen atoms in total. The molecule has 2 heterocycles. The summed E-state index contributed by atoms with van der Waals surface area (Å²) in [7, 11) is 3.03. The zero-order chi connectivity index (χ0) is 14.8. The molecule has 1 aromatic rings. The minimum atomic E-state index is -3.82. The van der Waals surface area contributed by atoms with Crippen LogP contribution in [0.15, 0.2) is 17.2 Å². The van der Waals surface area contributed by atoms with Gasteiger partial charge in [-0.3, -0.25) is 4.79 Å². The maximum absolute atomic E-state index is 12.0. The van der Waals surface area contributed by atoms with Crippen molar-refractivity contribution in [3.63, 3.8) is 0 Å². The van der Waals surface area contributed by atoms with Gasteiger partial charge in [0, 0.05) is 37.1 Å². The highest BCUT2D eigenvalue weighted by molar-refractivity contribution is 8.13. The Morgan fingerprint density at radius 3 is 2.90 bits per heavy atom. The van der Waals surface area contributed by atoms with Crippen molar-refractivity contribution in [2.75, 3.05) is 13.2 Å². The number of rotatable bonds is 5. The fourth-order valence-corrected chi connectivity index (χ4v) is 2.99. The molecule has 0 bridgehead atoms. The standard InChI is InChI=1S/C12H17ClN2O4S/c1-15-8-10(20(13,17)18)7-11(15)12(16)14-5-4-9-3-2-6-19-9/h7-9H,2-6H2,1H3,(H,14,16). The monoisotopic (exact) mass is 320 g/mol. The van der Waals surface area contributed by atoms with Crippen LogP contribution in [-0.4, -0.2) is 38.1 Å². The number of ether oxygens (including phenoxy) is 1. The van der Waals surface area contributed by atoms with Crippen LogP contribution in [0.25, 0.3) is 0 Å². The fraction of sp³-hybridized carbons (Fsp3) is 0.583. The molecule has 1 fully saturated rings. The molecule has 0 aliphatic carbocycles. The molecule has 112 valence electrons. The molecule has 1 unspecified atom stereocenters. The summed E-state index contributed by atoms with van der Waals surface area (Å²) in [5.41, 5.74) is 0.261. The van der Waals surface area contributed by atoms with E-state index in [1.807, 2.05) is 0 Å². The molecule has 2 rings (SSSR count). The van der Waals surface area contributed by atoms with Crippen molar-refractivity contribution in [3.8, 4) is 0 Å². The van der Waals surface area contributed by atoms with E-state index >= 15 is 0 Å². The highest BCUT2D eigenvalue weighted by Gasteiger charge is 2.19. The fourth-order valence-electron chi connectivity index (χ4n) is 2.20. The minimum Gasteiger partial charge on any atom is -0.378 e. The van der Waals surface area contributed by atoms with Gasteiger partial charge in [0.05, 0.1) is 6.10 Å². The first-order chi connectivity index (χ1) is 9.38.